The molecule has 4 N–H and O–H groups in total. The molecule has 0 radical (unpaired) electrons. The topological polar surface area (TPSA) is 156 Å². The second-order valence-corrected chi connectivity index (χ2v) is 7.98. The molecule has 11 heteroatoms. The third kappa shape index (κ3) is 8.36. The highest BCUT2D eigenvalue weighted by molar-refractivity contribution is 5.87. The van der Waals surface area contributed by atoms with E-state index in [1.165, 1.54) is 0 Å². The van der Waals surface area contributed by atoms with Gasteiger partial charge in [0.2, 0.25) is 12.3 Å². The number of carbonyl (C=O) groups is 2. The molecular weight excluding hydrogens is 480 g/mol. The lowest BCUT2D eigenvalue weighted by Crippen LogP contribution is -2.18. The number of nitro groups is 1. The van der Waals surface area contributed by atoms with Crippen molar-refractivity contribution in [1.29, 1.82) is 0 Å². The number of ether oxygens (including phenoxy) is 2. The van der Waals surface area contributed by atoms with Crippen molar-refractivity contribution in [1.82, 2.24) is 15.8 Å². The molecule has 0 aliphatic heterocycles. The summed E-state index contributed by atoms with van der Waals surface area (Å²) in [4.78, 5) is 34.9. The van der Waals surface area contributed by atoms with Crippen LogP contribution in [0.4, 0.5) is 5.69 Å². The monoisotopic (exact) mass is 512 g/mol. The zero-order valence-electron chi connectivity index (χ0n) is 21.1. The molecule has 0 atom stereocenters. The van der Waals surface area contributed by atoms with Gasteiger partial charge in [-0.3, -0.25) is 24.9 Å². The van der Waals surface area contributed by atoms with Gasteiger partial charge >= 0.3 is 5.69 Å². The number of hydroxylamine groups is 1. The normalized spacial score (nSPS) is 10.1. The quantitative estimate of drug-likeness (QED) is 0.0922. The van der Waals surface area contributed by atoms with Gasteiger partial charge in [0.05, 0.1) is 24.7 Å². The standard InChI is InChI=1S/C19H18N2O4.C7H14N2O3/c1-12-17(13-4-8-15(24-2)9-5-13)19(21(22)23)18(20-12)14-6-10-16(25-3)11-7-14;10-6-8-5-3-1-2-4-7(11)9-12/h4-11,20H,1-3H3;6,12H,1-5H2,(H,8,10)(H,9,11). The van der Waals surface area contributed by atoms with Gasteiger partial charge in [0.1, 0.15) is 17.2 Å². The van der Waals surface area contributed by atoms with Crippen molar-refractivity contribution in [2.24, 2.45) is 0 Å². The number of aryl methyl sites for hydroxylation is 1. The maximum absolute atomic E-state index is 11.8. The van der Waals surface area contributed by atoms with Crippen molar-refractivity contribution in [3.63, 3.8) is 0 Å². The molecule has 37 heavy (non-hydrogen) atoms. The number of unbranched alkanes of at least 4 members (excludes halogenated alkanes) is 2. The average Bonchev–Trinajstić information content (AvgIpc) is 3.28. The SMILES string of the molecule is COc1ccc(-c2[nH]c(C)c(-c3ccc(OC)cc3)c2[N+](=O)[O-])cc1.O=CNCCCCCC(=O)NO. The van der Waals surface area contributed by atoms with E-state index in [1.54, 1.807) is 56.1 Å². The van der Waals surface area contributed by atoms with Gasteiger partial charge in [-0.25, -0.2) is 5.48 Å². The second-order valence-electron chi connectivity index (χ2n) is 7.98. The summed E-state index contributed by atoms with van der Waals surface area (Å²) in [6.07, 6.45) is 3.44. The summed E-state index contributed by atoms with van der Waals surface area (Å²) in [5, 5.41) is 22.4. The van der Waals surface area contributed by atoms with Crippen LogP contribution < -0.4 is 20.3 Å². The lowest BCUT2D eigenvalue weighted by Gasteiger charge is -2.04. The van der Waals surface area contributed by atoms with Gasteiger partial charge in [0.25, 0.3) is 0 Å². The molecular formula is C26H32N4O7. The maximum atomic E-state index is 11.8. The van der Waals surface area contributed by atoms with Gasteiger partial charge in [-0.2, -0.15) is 0 Å². The molecule has 0 saturated heterocycles. The Hall–Kier alpha value is -4.38. The van der Waals surface area contributed by atoms with E-state index in [-0.39, 0.29) is 16.5 Å². The molecule has 0 unspecified atom stereocenters. The van der Waals surface area contributed by atoms with Crippen LogP contribution in [-0.4, -0.2) is 48.2 Å². The van der Waals surface area contributed by atoms with E-state index in [2.05, 4.69) is 10.3 Å². The number of benzene rings is 2. The summed E-state index contributed by atoms with van der Waals surface area (Å²) in [6.45, 7) is 2.48. The Bertz CT molecular complexity index is 1160. The number of rotatable bonds is 12. The first kappa shape index (κ1) is 28.9. The first-order chi connectivity index (χ1) is 17.9. The van der Waals surface area contributed by atoms with E-state index in [4.69, 9.17) is 14.7 Å². The Balaban J connectivity index is 0.000000341. The largest absolute Gasteiger partial charge is 0.497 e. The van der Waals surface area contributed by atoms with Crippen LogP contribution in [0, 0.1) is 17.0 Å². The van der Waals surface area contributed by atoms with E-state index in [0.29, 0.717) is 42.1 Å². The van der Waals surface area contributed by atoms with Crippen molar-refractivity contribution in [2.75, 3.05) is 20.8 Å². The lowest BCUT2D eigenvalue weighted by molar-refractivity contribution is -0.383. The van der Waals surface area contributed by atoms with Gasteiger partial charge in [-0.05, 0) is 61.7 Å². The highest BCUT2D eigenvalue weighted by Gasteiger charge is 2.27. The number of hydrogen-bond acceptors (Lipinski definition) is 7. The van der Waals surface area contributed by atoms with Crippen molar-refractivity contribution in [2.45, 2.75) is 32.6 Å². The molecule has 3 rings (SSSR count). The van der Waals surface area contributed by atoms with Gasteiger partial charge in [0.15, 0.2) is 0 Å². The molecule has 0 spiro atoms. The Morgan fingerprint density at radius 3 is 2.05 bits per heavy atom. The predicted molar refractivity (Wildman–Crippen MR) is 139 cm³/mol. The summed E-state index contributed by atoms with van der Waals surface area (Å²) in [5.41, 5.74) is 4.92. The second kappa shape index (κ2) is 14.9. The minimum atomic E-state index is -0.363. The molecule has 0 aliphatic rings. The van der Waals surface area contributed by atoms with Crippen molar-refractivity contribution in [3.8, 4) is 33.9 Å². The molecule has 11 nitrogen and oxygen atoms in total. The van der Waals surface area contributed by atoms with Crippen LogP contribution in [0.2, 0.25) is 0 Å². The molecule has 2 amide bonds. The first-order valence-electron chi connectivity index (χ1n) is 11.6. The van der Waals surface area contributed by atoms with E-state index in [0.717, 1.165) is 36.1 Å². The van der Waals surface area contributed by atoms with Crippen molar-refractivity contribution >= 4 is 18.0 Å². The summed E-state index contributed by atoms with van der Waals surface area (Å²) in [5.74, 6) is 1.04. The first-order valence-corrected chi connectivity index (χ1v) is 11.6. The Kier molecular flexibility index (Phi) is 11.6. The van der Waals surface area contributed by atoms with E-state index >= 15 is 0 Å². The summed E-state index contributed by atoms with van der Waals surface area (Å²) in [7, 11) is 3.17. The number of aromatic nitrogens is 1. The highest BCUT2D eigenvalue weighted by atomic mass is 16.6. The van der Waals surface area contributed by atoms with Crippen molar-refractivity contribution in [3.05, 3.63) is 64.3 Å². The summed E-state index contributed by atoms with van der Waals surface area (Å²) < 4.78 is 10.3. The third-order valence-electron chi connectivity index (χ3n) is 5.53. The Morgan fingerprint density at radius 2 is 1.57 bits per heavy atom. The number of methoxy groups -OCH3 is 2. The fourth-order valence-electron chi connectivity index (χ4n) is 3.68. The van der Waals surface area contributed by atoms with Gasteiger partial charge < -0.3 is 19.8 Å². The van der Waals surface area contributed by atoms with Crippen LogP contribution in [-0.2, 0) is 9.59 Å². The van der Waals surface area contributed by atoms with E-state index < -0.39 is 0 Å². The van der Waals surface area contributed by atoms with E-state index in [1.807, 2.05) is 19.1 Å². The van der Waals surface area contributed by atoms with Crippen LogP contribution in [0.15, 0.2) is 48.5 Å². The molecule has 2 aromatic carbocycles. The fraction of sp³-hybridized carbons (Fsp3) is 0.308. The van der Waals surface area contributed by atoms with Gasteiger partial charge in [-0.1, -0.05) is 18.6 Å². The smallest absolute Gasteiger partial charge is 0.302 e. The van der Waals surface area contributed by atoms with Gasteiger partial charge in [0, 0.05) is 24.2 Å². The minimum absolute atomic E-state index is 0.0628. The Labute approximate surface area is 214 Å². The molecule has 0 saturated carbocycles. The number of carbonyl (C=O) groups excluding carboxylic acids is 2. The molecule has 0 fully saturated rings. The number of H-pyrrole nitrogens is 1. The maximum Gasteiger partial charge on any atom is 0.302 e. The molecule has 0 aliphatic carbocycles. The van der Waals surface area contributed by atoms with Gasteiger partial charge in [-0.15, -0.1) is 0 Å². The summed E-state index contributed by atoms with van der Waals surface area (Å²) in [6, 6.07) is 14.4. The minimum Gasteiger partial charge on any atom is -0.497 e. The highest BCUT2D eigenvalue weighted by Crippen LogP contribution is 2.41. The zero-order valence-corrected chi connectivity index (χ0v) is 21.1. The number of amides is 2. The number of nitrogens with one attached hydrogen (secondary N) is 3. The molecule has 198 valence electrons. The number of aromatic amines is 1. The lowest BCUT2D eigenvalue weighted by atomic mass is 10.0. The molecule has 0 bridgehead atoms. The Morgan fingerprint density at radius 1 is 1.00 bits per heavy atom. The average molecular weight is 513 g/mol. The van der Waals surface area contributed by atoms with E-state index in [9.17, 15) is 19.7 Å². The van der Waals surface area contributed by atoms with Crippen LogP contribution in [0.3, 0.4) is 0 Å². The molecule has 1 aromatic heterocycles. The van der Waals surface area contributed by atoms with Crippen LogP contribution in [0.25, 0.3) is 22.4 Å². The molecule has 3 aromatic rings. The van der Waals surface area contributed by atoms with Crippen LogP contribution >= 0.6 is 0 Å². The van der Waals surface area contributed by atoms with Crippen molar-refractivity contribution < 1.29 is 29.2 Å². The van der Waals surface area contributed by atoms with Crippen LogP contribution in [0.1, 0.15) is 31.4 Å². The zero-order chi connectivity index (χ0) is 27.2. The third-order valence-corrected chi connectivity index (χ3v) is 5.53. The summed E-state index contributed by atoms with van der Waals surface area (Å²) >= 11 is 0. The predicted octanol–water partition coefficient (Wildman–Crippen LogP) is 4.38. The number of hydrogen-bond donors (Lipinski definition) is 4. The number of nitrogens with zero attached hydrogens (tertiary/aromatic N) is 1. The fourth-order valence-corrected chi connectivity index (χ4v) is 3.68. The van der Waals surface area contributed by atoms with Crippen LogP contribution in [0.5, 0.6) is 11.5 Å². The molecule has 1 heterocycles.